The highest BCUT2D eigenvalue weighted by atomic mass is 16.6. The van der Waals surface area contributed by atoms with Gasteiger partial charge in [-0.15, -0.1) is 0 Å². The number of ether oxygens (including phenoxy) is 3. The number of methoxy groups -OCH3 is 1. The molecule has 7 heteroatoms. The summed E-state index contributed by atoms with van der Waals surface area (Å²) in [6.07, 6.45) is 2.36. The van der Waals surface area contributed by atoms with E-state index < -0.39 is 17.7 Å². The van der Waals surface area contributed by atoms with E-state index in [9.17, 15) is 9.59 Å². The van der Waals surface area contributed by atoms with Crippen LogP contribution in [0.25, 0.3) is 0 Å². The first-order valence-electron chi connectivity index (χ1n) is 6.45. The lowest BCUT2D eigenvalue weighted by Crippen LogP contribution is -2.34. The molecule has 0 aliphatic rings. The number of rotatable bonds is 5. The van der Waals surface area contributed by atoms with Crippen molar-refractivity contribution in [1.29, 1.82) is 0 Å². The SMILES string of the molecule is COC(=O)c1ccncc1OCCNC(=O)OC(C)(C)C. The van der Waals surface area contributed by atoms with Crippen molar-refractivity contribution in [3.63, 3.8) is 0 Å². The Morgan fingerprint density at radius 2 is 2.05 bits per heavy atom. The van der Waals surface area contributed by atoms with E-state index in [4.69, 9.17) is 9.47 Å². The molecule has 0 aliphatic heterocycles. The van der Waals surface area contributed by atoms with Gasteiger partial charge in [0.25, 0.3) is 0 Å². The van der Waals surface area contributed by atoms with E-state index in [-0.39, 0.29) is 18.7 Å². The van der Waals surface area contributed by atoms with Gasteiger partial charge in [0.1, 0.15) is 17.8 Å². The quantitative estimate of drug-likeness (QED) is 0.658. The van der Waals surface area contributed by atoms with Crippen LogP contribution >= 0.6 is 0 Å². The van der Waals surface area contributed by atoms with E-state index in [1.165, 1.54) is 25.6 Å². The lowest BCUT2D eigenvalue weighted by atomic mass is 10.2. The summed E-state index contributed by atoms with van der Waals surface area (Å²) in [5.41, 5.74) is -0.267. The molecule has 1 heterocycles. The van der Waals surface area contributed by atoms with E-state index in [2.05, 4.69) is 15.0 Å². The van der Waals surface area contributed by atoms with Crippen molar-refractivity contribution >= 4 is 12.1 Å². The number of nitrogens with zero attached hydrogens (tertiary/aromatic N) is 1. The standard InChI is InChI=1S/C14H20N2O5/c1-14(2,3)21-13(18)16-7-8-20-11-9-15-6-5-10(11)12(17)19-4/h5-6,9H,7-8H2,1-4H3,(H,16,18). The molecule has 0 atom stereocenters. The van der Waals surface area contributed by atoms with Gasteiger partial charge in [0, 0.05) is 6.20 Å². The number of alkyl carbamates (subject to hydrolysis) is 1. The van der Waals surface area contributed by atoms with Crippen molar-refractivity contribution in [2.45, 2.75) is 26.4 Å². The number of hydrogen-bond acceptors (Lipinski definition) is 6. The highest BCUT2D eigenvalue weighted by molar-refractivity contribution is 5.92. The molecule has 1 rings (SSSR count). The third-order valence-electron chi connectivity index (χ3n) is 2.22. The van der Waals surface area contributed by atoms with Gasteiger partial charge >= 0.3 is 12.1 Å². The fourth-order valence-corrected chi connectivity index (χ4v) is 1.40. The van der Waals surface area contributed by atoms with Gasteiger partial charge in [-0.3, -0.25) is 4.98 Å². The largest absolute Gasteiger partial charge is 0.489 e. The van der Waals surface area contributed by atoms with Gasteiger partial charge in [-0.2, -0.15) is 0 Å². The predicted molar refractivity (Wildman–Crippen MR) is 75.3 cm³/mol. The zero-order valence-electron chi connectivity index (χ0n) is 12.6. The number of carbonyl (C=O) groups excluding carboxylic acids is 2. The van der Waals surface area contributed by atoms with Crippen molar-refractivity contribution < 1.29 is 23.8 Å². The summed E-state index contributed by atoms with van der Waals surface area (Å²) in [6.45, 7) is 5.75. The smallest absolute Gasteiger partial charge is 0.407 e. The van der Waals surface area contributed by atoms with Crippen LogP contribution in [0, 0.1) is 0 Å². The summed E-state index contributed by atoms with van der Waals surface area (Å²) in [7, 11) is 1.29. The van der Waals surface area contributed by atoms with Crippen LogP contribution < -0.4 is 10.1 Å². The number of carbonyl (C=O) groups is 2. The van der Waals surface area contributed by atoms with Crippen molar-refractivity contribution in [3.8, 4) is 5.75 Å². The maximum atomic E-state index is 11.5. The van der Waals surface area contributed by atoms with Crippen molar-refractivity contribution in [2.75, 3.05) is 20.3 Å². The van der Waals surface area contributed by atoms with E-state index in [0.717, 1.165) is 0 Å². The Kier molecular flexibility index (Phi) is 5.95. The van der Waals surface area contributed by atoms with Crippen LogP contribution in [0.3, 0.4) is 0 Å². The van der Waals surface area contributed by atoms with Crippen molar-refractivity contribution in [3.05, 3.63) is 24.0 Å². The molecule has 0 spiro atoms. The normalized spacial score (nSPS) is 10.7. The zero-order chi connectivity index (χ0) is 15.9. The van der Waals surface area contributed by atoms with E-state index >= 15 is 0 Å². The molecule has 0 aliphatic carbocycles. The van der Waals surface area contributed by atoms with Gasteiger partial charge in [0.05, 0.1) is 19.9 Å². The Morgan fingerprint density at radius 1 is 1.33 bits per heavy atom. The van der Waals surface area contributed by atoms with Crippen LogP contribution in [0.1, 0.15) is 31.1 Å². The average Bonchev–Trinajstić information content (AvgIpc) is 2.41. The molecule has 0 saturated heterocycles. The molecule has 7 nitrogen and oxygen atoms in total. The summed E-state index contributed by atoms with van der Waals surface area (Å²) in [5, 5.41) is 2.55. The molecular weight excluding hydrogens is 276 g/mol. The van der Waals surface area contributed by atoms with Gasteiger partial charge < -0.3 is 19.5 Å². The minimum Gasteiger partial charge on any atom is -0.489 e. The number of amides is 1. The summed E-state index contributed by atoms with van der Waals surface area (Å²) in [6, 6.07) is 1.50. The van der Waals surface area contributed by atoms with Crippen LogP contribution in [0.4, 0.5) is 4.79 Å². The second-order valence-corrected chi connectivity index (χ2v) is 5.14. The molecule has 0 fully saturated rings. The molecule has 0 unspecified atom stereocenters. The first-order chi connectivity index (χ1) is 9.83. The second kappa shape index (κ2) is 7.47. The Balaban J connectivity index is 2.43. The molecule has 0 saturated carbocycles. The lowest BCUT2D eigenvalue weighted by molar-refractivity contribution is 0.0516. The fourth-order valence-electron chi connectivity index (χ4n) is 1.40. The summed E-state index contributed by atoms with van der Waals surface area (Å²) < 4.78 is 15.1. The Morgan fingerprint density at radius 3 is 2.67 bits per heavy atom. The van der Waals surface area contributed by atoms with Gasteiger partial charge in [0.15, 0.2) is 5.75 Å². The Hall–Kier alpha value is -2.31. The Bertz CT molecular complexity index is 496. The monoisotopic (exact) mass is 296 g/mol. The third kappa shape index (κ3) is 6.11. The number of hydrogen-bond donors (Lipinski definition) is 1. The molecule has 1 N–H and O–H groups in total. The molecule has 21 heavy (non-hydrogen) atoms. The maximum Gasteiger partial charge on any atom is 0.407 e. The lowest BCUT2D eigenvalue weighted by Gasteiger charge is -2.19. The van der Waals surface area contributed by atoms with Gasteiger partial charge in [-0.25, -0.2) is 9.59 Å². The van der Waals surface area contributed by atoms with Gasteiger partial charge in [-0.1, -0.05) is 0 Å². The van der Waals surface area contributed by atoms with Gasteiger partial charge in [-0.05, 0) is 26.8 Å². The zero-order valence-corrected chi connectivity index (χ0v) is 12.6. The summed E-state index contributed by atoms with van der Waals surface area (Å²) in [4.78, 5) is 26.8. The Labute approximate surface area is 123 Å². The molecule has 1 aromatic heterocycles. The minimum absolute atomic E-state index is 0.176. The van der Waals surface area contributed by atoms with Crippen LogP contribution in [-0.2, 0) is 9.47 Å². The first-order valence-corrected chi connectivity index (χ1v) is 6.45. The maximum absolute atomic E-state index is 11.5. The van der Waals surface area contributed by atoms with Crippen LogP contribution in [0.2, 0.25) is 0 Å². The third-order valence-corrected chi connectivity index (χ3v) is 2.22. The number of pyridine rings is 1. The molecule has 0 bridgehead atoms. The van der Waals surface area contributed by atoms with E-state index in [0.29, 0.717) is 5.75 Å². The van der Waals surface area contributed by atoms with Crippen molar-refractivity contribution in [2.24, 2.45) is 0 Å². The van der Waals surface area contributed by atoms with E-state index in [1.54, 1.807) is 20.8 Å². The fraction of sp³-hybridized carbons (Fsp3) is 0.500. The topological polar surface area (TPSA) is 86.8 Å². The van der Waals surface area contributed by atoms with Crippen molar-refractivity contribution in [1.82, 2.24) is 10.3 Å². The van der Waals surface area contributed by atoms with Crippen LogP contribution in [0.5, 0.6) is 5.75 Å². The number of nitrogens with one attached hydrogen (secondary N) is 1. The number of aromatic nitrogens is 1. The first kappa shape index (κ1) is 16.7. The predicted octanol–water partition coefficient (Wildman–Crippen LogP) is 1.77. The second-order valence-electron chi connectivity index (χ2n) is 5.14. The summed E-state index contributed by atoms with van der Waals surface area (Å²) in [5.74, 6) is -0.206. The molecule has 1 amide bonds. The van der Waals surface area contributed by atoms with E-state index in [1.807, 2.05) is 0 Å². The average molecular weight is 296 g/mol. The summed E-state index contributed by atoms with van der Waals surface area (Å²) >= 11 is 0. The van der Waals surface area contributed by atoms with Gasteiger partial charge in [0.2, 0.25) is 0 Å². The molecular formula is C14H20N2O5. The molecule has 116 valence electrons. The molecule has 1 aromatic rings. The van der Waals surface area contributed by atoms with Crippen LogP contribution in [-0.4, -0.2) is 42.9 Å². The molecule has 0 aromatic carbocycles. The highest BCUT2D eigenvalue weighted by Crippen LogP contribution is 2.16. The highest BCUT2D eigenvalue weighted by Gasteiger charge is 2.16. The minimum atomic E-state index is -0.549. The van der Waals surface area contributed by atoms with Crippen LogP contribution in [0.15, 0.2) is 18.5 Å². The number of esters is 1. The molecule has 0 radical (unpaired) electrons.